The Hall–Kier alpha value is -4.55. The first-order valence-electron chi connectivity index (χ1n) is 20.5. The Morgan fingerprint density at radius 2 is 1.70 bits per heavy atom. The number of furan rings is 1. The van der Waals surface area contributed by atoms with E-state index in [1.54, 1.807) is 32.0 Å². The number of Topliss-reactive ketones (excluding diaryl/α,β-unsaturated/α-hetero) is 1. The van der Waals surface area contributed by atoms with Crippen molar-refractivity contribution in [1.29, 1.82) is 0 Å². The van der Waals surface area contributed by atoms with Crippen molar-refractivity contribution in [2.45, 2.75) is 134 Å². The number of benzene rings is 1. The van der Waals surface area contributed by atoms with Crippen LogP contribution < -0.4 is 5.32 Å². The molecule has 2 aromatic rings. The van der Waals surface area contributed by atoms with Gasteiger partial charge in [-0.05, 0) is 55.7 Å². The summed E-state index contributed by atoms with van der Waals surface area (Å²) in [6.07, 6.45) is -6.13. The van der Waals surface area contributed by atoms with Crippen LogP contribution in [0.15, 0.2) is 64.3 Å². The number of amides is 1. The van der Waals surface area contributed by atoms with Crippen LogP contribution in [0.25, 0.3) is 0 Å². The third-order valence-corrected chi connectivity index (χ3v) is 15.0. The Bertz CT molecular complexity index is 2140. The number of fused-ring (bicyclic) bond motifs is 4. The molecule has 7 rings (SSSR count). The lowest BCUT2D eigenvalue weighted by atomic mass is 9.44. The van der Waals surface area contributed by atoms with Crippen LogP contribution in [0.2, 0.25) is 0 Å². The molecule has 1 aliphatic heterocycles. The summed E-state index contributed by atoms with van der Waals surface area (Å²) in [6, 6.07) is 9.48. The first kappa shape index (κ1) is 44.5. The van der Waals surface area contributed by atoms with Gasteiger partial charge in [-0.3, -0.25) is 19.2 Å². The van der Waals surface area contributed by atoms with E-state index >= 15 is 4.79 Å². The summed E-state index contributed by atoms with van der Waals surface area (Å²) in [6.45, 7) is 10.1. The molecule has 1 saturated heterocycles. The van der Waals surface area contributed by atoms with Crippen molar-refractivity contribution in [3.8, 4) is 0 Å². The van der Waals surface area contributed by atoms with Crippen molar-refractivity contribution < 1.29 is 72.2 Å². The van der Waals surface area contributed by atoms with Gasteiger partial charge in [-0.2, -0.15) is 0 Å². The molecule has 1 aromatic heterocycles. The number of hydrogen-bond donors (Lipinski definition) is 4. The molecule has 1 spiro atoms. The molecule has 4 N–H and O–H groups in total. The van der Waals surface area contributed by atoms with Crippen LogP contribution in [-0.4, -0.2) is 110 Å². The van der Waals surface area contributed by atoms with Gasteiger partial charge in [0.1, 0.15) is 29.6 Å². The number of aliphatic hydroxyl groups is 3. The third-order valence-electron chi connectivity index (χ3n) is 14.1. The number of ether oxygens (including phenoxy) is 5. The molecule has 17 heteroatoms. The van der Waals surface area contributed by atoms with Gasteiger partial charge in [-0.15, -0.1) is 0 Å². The highest BCUT2D eigenvalue weighted by molar-refractivity contribution is 8.13. The molecule has 3 saturated carbocycles. The van der Waals surface area contributed by atoms with Gasteiger partial charge in [-0.25, -0.2) is 9.59 Å². The molecule has 4 fully saturated rings. The van der Waals surface area contributed by atoms with E-state index in [-0.39, 0.29) is 41.9 Å². The van der Waals surface area contributed by atoms with Gasteiger partial charge in [0.05, 0.1) is 35.4 Å². The average Bonchev–Trinajstić information content (AvgIpc) is 3.57. The summed E-state index contributed by atoms with van der Waals surface area (Å²) in [5.41, 5.74) is -11.7. The molecule has 0 radical (unpaired) electrons. The number of unbranched alkanes of at least 4 members (excludes halogenated alkanes) is 1. The molecular weight excluding hydrogens is 815 g/mol. The monoisotopic (exact) mass is 867 g/mol. The van der Waals surface area contributed by atoms with Crippen molar-refractivity contribution in [1.82, 2.24) is 5.32 Å². The third kappa shape index (κ3) is 6.39. The fourth-order valence-electron chi connectivity index (χ4n) is 11.1. The van der Waals surface area contributed by atoms with E-state index in [1.165, 1.54) is 51.3 Å². The minimum absolute atomic E-state index is 0.00882. The standard InChI is InChI=1S/C44H53NO15S/c1-8-9-18-61-38(53)45-32(27-16-13-17-55-27)33(49)37(52)58-28-20-43(54)39(5,6)31(23(28)2)34(57-24(3)46)35(50)40(7)29(48)19-30-41(22-56-30,59-25(4)47)42(40)21-44(42,43)60-36(51)26-14-11-10-12-15-26/h10-17,28-30,32-34,48-49,54H,8-9,18-22H2,1-7H3,(H,45,53). The van der Waals surface area contributed by atoms with E-state index < -0.39 is 111 Å². The van der Waals surface area contributed by atoms with Crippen LogP contribution in [0.1, 0.15) is 103 Å². The zero-order chi connectivity index (χ0) is 44.5. The van der Waals surface area contributed by atoms with Crippen molar-refractivity contribution >= 4 is 46.7 Å². The maximum atomic E-state index is 15.7. The molecule has 1 aromatic carbocycles. The predicted octanol–water partition coefficient (Wildman–Crippen LogP) is 4.29. The minimum atomic E-state index is -2.38. The van der Waals surface area contributed by atoms with Crippen LogP contribution >= 0.6 is 11.8 Å². The topological polar surface area (TPSA) is 234 Å². The van der Waals surface area contributed by atoms with Crippen molar-refractivity contribution in [3.63, 3.8) is 0 Å². The Labute approximate surface area is 357 Å². The molecule has 1 amide bonds. The molecule has 11 atom stereocenters. The minimum Gasteiger partial charge on any atom is -0.467 e. The van der Waals surface area contributed by atoms with Crippen LogP contribution in [0.3, 0.4) is 0 Å². The first-order chi connectivity index (χ1) is 28.7. The summed E-state index contributed by atoms with van der Waals surface area (Å²) >= 11 is 0.967. The van der Waals surface area contributed by atoms with E-state index in [2.05, 4.69) is 5.32 Å². The van der Waals surface area contributed by atoms with Crippen LogP contribution in [0.5, 0.6) is 0 Å². The molecule has 11 unspecified atom stereocenters. The lowest BCUT2D eigenvalue weighted by molar-refractivity contribution is -0.349. The molecule has 16 nitrogen and oxygen atoms in total. The Morgan fingerprint density at radius 1 is 1.00 bits per heavy atom. The molecule has 330 valence electrons. The number of nitrogens with one attached hydrogen (secondary N) is 1. The summed E-state index contributed by atoms with van der Waals surface area (Å²) in [5.74, 6) is -4.11. The average molecular weight is 868 g/mol. The zero-order valence-electron chi connectivity index (χ0n) is 35.2. The van der Waals surface area contributed by atoms with Gasteiger partial charge in [0.25, 0.3) is 5.24 Å². The van der Waals surface area contributed by atoms with E-state index in [9.17, 15) is 39.3 Å². The van der Waals surface area contributed by atoms with Crippen molar-refractivity contribution in [3.05, 3.63) is 71.2 Å². The molecule has 4 aliphatic carbocycles. The summed E-state index contributed by atoms with van der Waals surface area (Å²) in [5, 5.41) is 39.8. The van der Waals surface area contributed by atoms with E-state index in [1.807, 2.05) is 6.92 Å². The second-order valence-corrected chi connectivity index (χ2v) is 18.6. The Kier molecular flexibility index (Phi) is 11.4. The maximum Gasteiger partial charge on any atom is 0.338 e. The number of ketones is 1. The predicted molar refractivity (Wildman–Crippen MR) is 214 cm³/mol. The lowest BCUT2D eigenvalue weighted by Gasteiger charge is -2.67. The highest BCUT2D eigenvalue weighted by atomic mass is 32.2. The maximum absolute atomic E-state index is 15.7. The fraction of sp³-hybridized carbons (Fsp3) is 0.591. The molecule has 5 aliphatic rings. The van der Waals surface area contributed by atoms with Crippen LogP contribution in [-0.2, 0) is 42.9 Å². The largest absolute Gasteiger partial charge is 0.467 e. The van der Waals surface area contributed by atoms with Gasteiger partial charge in [0.2, 0.25) is 0 Å². The van der Waals surface area contributed by atoms with E-state index in [4.69, 9.17) is 28.1 Å². The summed E-state index contributed by atoms with van der Waals surface area (Å²) in [7, 11) is 0. The smallest absolute Gasteiger partial charge is 0.338 e. The van der Waals surface area contributed by atoms with Gasteiger partial charge in [0.15, 0.2) is 29.2 Å². The van der Waals surface area contributed by atoms with Gasteiger partial charge >= 0.3 is 23.9 Å². The Balaban J connectivity index is 1.41. The molecule has 2 heterocycles. The quantitative estimate of drug-likeness (QED) is 0.101. The van der Waals surface area contributed by atoms with Crippen molar-refractivity contribution in [2.24, 2.45) is 16.2 Å². The number of esters is 4. The normalized spacial score (nSPS) is 35.3. The highest BCUT2D eigenvalue weighted by Gasteiger charge is 2.99. The second-order valence-electron chi connectivity index (χ2n) is 17.5. The fourth-order valence-corrected chi connectivity index (χ4v) is 11.9. The van der Waals surface area contributed by atoms with Crippen molar-refractivity contribution in [2.75, 3.05) is 12.4 Å². The SMILES string of the molecule is CCCCSC(=O)NC(c1ccco1)C(O)C(=O)OC1CC2(O)C(C)(C)C(=C1C)C(OC(C)=O)C(=O)C1(C)C(O)CC3OCC3(OC(C)=O)C13CC23OC(=O)c1ccccc1. The van der Waals surface area contributed by atoms with E-state index in [0.29, 0.717) is 5.75 Å². The first-order valence-corrected chi connectivity index (χ1v) is 21.5. The summed E-state index contributed by atoms with van der Waals surface area (Å²) < 4.78 is 36.2. The summed E-state index contributed by atoms with van der Waals surface area (Å²) in [4.78, 5) is 83.4. The zero-order valence-corrected chi connectivity index (χ0v) is 36.0. The molecular formula is C44H53NO15S. The number of carbonyl (C=O) groups excluding carboxylic acids is 6. The lowest BCUT2D eigenvalue weighted by Crippen LogP contribution is -2.82. The van der Waals surface area contributed by atoms with Gasteiger partial charge in [-0.1, -0.05) is 57.2 Å². The number of carbonyl (C=O) groups is 6. The second kappa shape index (κ2) is 15.7. The molecule has 61 heavy (non-hydrogen) atoms. The number of aliphatic hydroxyl groups excluding tert-OH is 2. The number of rotatable bonds is 12. The van der Waals surface area contributed by atoms with Crippen LogP contribution in [0.4, 0.5) is 4.79 Å². The molecule has 2 bridgehead atoms. The number of thioether (sulfide) groups is 1. The Morgan fingerprint density at radius 3 is 2.30 bits per heavy atom. The number of hydrogen-bond acceptors (Lipinski definition) is 16. The highest BCUT2D eigenvalue weighted by Crippen LogP contribution is 2.85. The van der Waals surface area contributed by atoms with Gasteiger partial charge in [0, 0.05) is 44.3 Å². The van der Waals surface area contributed by atoms with E-state index in [0.717, 1.165) is 31.5 Å². The van der Waals surface area contributed by atoms with Gasteiger partial charge < -0.3 is 48.7 Å². The van der Waals surface area contributed by atoms with Crippen LogP contribution in [0, 0.1) is 16.2 Å².